The fourth-order valence-corrected chi connectivity index (χ4v) is 4.67. The highest BCUT2D eigenvalue weighted by atomic mass is 32.2. The summed E-state index contributed by atoms with van der Waals surface area (Å²) in [7, 11) is -2.26. The Labute approximate surface area is 165 Å². The average molecular weight is 401 g/mol. The zero-order valence-electron chi connectivity index (χ0n) is 16.2. The van der Waals surface area contributed by atoms with E-state index in [9.17, 15) is 13.2 Å². The predicted octanol–water partition coefficient (Wildman–Crippen LogP) is 2.98. The summed E-state index contributed by atoms with van der Waals surface area (Å²) >= 11 is 0. The second kappa shape index (κ2) is 8.16. The molecule has 1 N–H and O–H groups in total. The lowest BCUT2D eigenvalue weighted by Crippen LogP contribution is -2.34. The van der Waals surface area contributed by atoms with Crippen LogP contribution in [0.3, 0.4) is 0 Å². The number of nitrogens with zero attached hydrogens (tertiary/aromatic N) is 1. The lowest BCUT2D eigenvalue weighted by molar-refractivity contribution is -0.114. The molecule has 1 aliphatic rings. The number of rotatable bonds is 6. The lowest BCUT2D eigenvalue weighted by Gasteiger charge is -2.21. The first-order valence-corrected chi connectivity index (χ1v) is 10.6. The summed E-state index contributed by atoms with van der Waals surface area (Å²) in [5.74, 6) is 0.121. The maximum atomic E-state index is 12.8. The van der Waals surface area contributed by atoms with Crippen molar-refractivity contribution in [2.24, 2.45) is 0 Å². The third-order valence-electron chi connectivity index (χ3n) is 4.67. The highest BCUT2D eigenvalue weighted by Crippen LogP contribution is 2.32. The molecule has 0 spiro atoms. The molecule has 0 bridgehead atoms. The SMILES string of the molecule is CCNS(=O)(=O)c1cc(/C=C/C(=O)N2c3ccccc3CC2C)ccc1OC. The summed E-state index contributed by atoms with van der Waals surface area (Å²) in [5.41, 5.74) is 2.68. The van der Waals surface area contributed by atoms with Gasteiger partial charge in [0.25, 0.3) is 5.91 Å². The van der Waals surface area contributed by atoms with Gasteiger partial charge < -0.3 is 9.64 Å². The van der Waals surface area contributed by atoms with Crippen LogP contribution in [0.25, 0.3) is 6.08 Å². The number of carbonyl (C=O) groups excluding carboxylic acids is 1. The predicted molar refractivity (Wildman–Crippen MR) is 110 cm³/mol. The molecule has 7 heteroatoms. The van der Waals surface area contributed by atoms with Gasteiger partial charge in [0, 0.05) is 24.4 Å². The second-order valence-corrected chi connectivity index (χ2v) is 8.37. The Morgan fingerprint density at radius 2 is 2.04 bits per heavy atom. The number of hydrogen-bond donors (Lipinski definition) is 1. The van der Waals surface area contributed by atoms with Gasteiger partial charge in [-0.2, -0.15) is 0 Å². The van der Waals surface area contributed by atoms with Gasteiger partial charge in [-0.3, -0.25) is 4.79 Å². The maximum Gasteiger partial charge on any atom is 0.251 e. The molecule has 28 heavy (non-hydrogen) atoms. The van der Waals surface area contributed by atoms with Crippen LogP contribution in [-0.4, -0.2) is 34.0 Å². The Balaban J connectivity index is 1.88. The minimum absolute atomic E-state index is 0.0475. The molecule has 1 aliphatic heterocycles. The van der Waals surface area contributed by atoms with E-state index < -0.39 is 10.0 Å². The molecule has 1 atom stereocenters. The van der Waals surface area contributed by atoms with Gasteiger partial charge >= 0.3 is 0 Å². The van der Waals surface area contributed by atoms with Crippen LogP contribution in [-0.2, 0) is 21.2 Å². The number of ether oxygens (including phenoxy) is 1. The average Bonchev–Trinajstić information content (AvgIpc) is 3.01. The molecule has 6 nitrogen and oxygen atoms in total. The molecule has 0 radical (unpaired) electrons. The van der Waals surface area contributed by atoms with E-state index in [1.165, 1.54) is 19.3 Å². The third kappa shape index (κ3) is 3.95. The van der Waals surface area contributed by atoms with Gasteiger partial charge in [0.2, 0.25) is 10.0 Å². The van der Waals surface area contributed by atoms with Crippen molar-refractivity contribution in [3.8, 4) is 5.75 Å². The summed E-state index contributed by atoms with van der Waals surface area (Å²) in [6.45, 7) is 4.00. The van der Waals surface area contributed by atoms with Gasteiger partial charge in [-0.05, 0) is 48.7 Å². The van der Waals surface area contributed by atoms with Gasteiger partial charge in [-0.25, -0.2) is 13.1 Å². The van der Waals surface area contributed by atoms with Crippen molar-refractivity contribution in [3.63, 3.8) is 0 Å². The molecule has 148 valence electrons. The minimum Gasteiger partial charge on any atom is -0.495 e. The van der Waals surface area contributed by atoms with Gasteiger partial charge in [0.05, 0.1) is 7.11 Å². The third-order valence-corrected chi connectivity index (χ3v) is 6.24. The number of fused-ring (bicyclic) bond motifs is 1. The fourth-order valence-electron chi connectivity index (χ4n) is 3.42. The van der Waals surface area contributed by atoms with E-state index in [1.54, 1.807) is 30.0 Å². The lowest BCUT2D eigenvalue weighted by atomic mass is 10.1. The van der Waals surface area contributed by atoms with E-state index in [4.69, 9.17) is 4.74 Å². The van der Waals surface area contributed by atoms with Gasteiger partial charge in [-0.15, -0.1) is 0 Å². The van der Waals surface area contributed by atoms with E-state index in [0.29, 0.717) is 5.56 Å². The highest BCUT2D eigenvalue weighted by Gasteiger charge is 2.29. The molecule has 0 aromatic heterocycles. The second-order valence-electron chi connectivity index (χ2n) is 6.64. The molecule has 0 fully saturated rings. The molecule has 0 saturated carbocycles. The van der Waals surface area contributed by atoms with Crippen LogP contribution in [0.4, 0.5) is 5.69 Å². The highest BCUT2D eigenvalue weighted by molar-refractivity contribution is 7.89. The van der Waals surface area contributed by atoms with Gasteiger partial charge in [0.15, 0.2) is 0 Å². The summed E-state index contributed by atoms with van der Waals surface area (Å²) in [6.07, 6.45) is 3.92. The Bertz CT molecular complexity index is 1010. The maximum absolute atomic E-state index is 12.8. The van der Waals surface area contributed by atoms with Crippen LogP contribution in [0, 0.1) is 0 Å². The number of carbonyl (C=O) groups is 1. The number of sulfonamides is 1. The van der Waals surface area contributed by atoms with E-state index in [1.807, 2.05) is 31.2 Å². The number of para-hydroxylation sites is 1. The van der Waals surface area contributed by atoms with Crippen LogP contribution in [0.2, 0.25) is 0 Å². The molecule has 1 amide bonds. The number of benzene rings is 2. The van der Waals surface area contributed by atoms with Gasteiger partial charge in [-0.1, -0.05) is 31.2 Å². The summed E-state index contributed by atoms with van der Waals surface area (Å²) in [5, 5.41) is 0. The molecule has 1 heterocycles. The first-order valence-electron chi connectivity index (χ1n) is 9.14. The Morgan fingerprint density at radius 1 is 1.29 bits per heavy atom. The summed E-state index contributed by atoms with van der Waals surface area (Å²) in [6, 6.07) is 12.7. The van der Waals surface area contributed by atoms with E-state index in [-0.39, 0.29) is 29.1 Å². The topological polar surface area (TPSA) is 75.7 Å². The minimum atomic E-state index is -3.68. The molecular formula is C21H24N2O4S. The molecule has 2 aromatic rings. The number of hydrogen-bond acceptors (Lipinski definition) is 4. The van der Waals surface area contributed by atoms with Crippen molar-refractivity contribution in [1.29, 1.82) is 0 Å². The van der Waals surface area contributed by atoms with E-state index in [2.05, 4.69) is 4.72 Å². The Kier molecular flexibility index (Phi) is 5.86. The number of methoxy groups -OCH3 is 1. The zero-order valence-corrected chi connectivity index (χ0v) is 17.0. The molecular weight excluding hydrogens is 376 g/mol. The smallest absolute Gasteiger partial charge is 0.251 e. The standard InChI is InChI=1S/C21H24N2O4S/c1-4-22-28(25,26)20-14-16(9-11-19(20)27-3)10-12-21(24)23-15(2)13-17-7-5-6-8-18(17)23/h5-12,14-15,22H,4,13H2,1-3H3/b12-10+. The fraction of sp³-hybridized carbons (Fsp3) is 0.286. The van der Waals surface area contributed by atoms with Crippen molar-refractivity contribution in [2.45, 2.75) is 31.2 Å². The largest absolute Gasteiger partial charge is 0.495 e. The normalized spacial score (nSPS) is 16.4. The summed E-state index contributed by atoms with van der Waals surface area (Å²) in [4.78, 5) is 14.6. The van der Waals surface area contributed by atoms with Crippen molar-refractivity contribution in [3.05, 3.63) is 59.7 Å². The molecule has 2 aromatic carbocycles. The number of nitrogens with one attached hydrogen (secondary N) is 1. The van der Waals surface area contributed by atoms with E-state index >= 15 is 0 Å². The van der Waals surface area contributed by atoms with Crippen molar-refractivity contribution >= 4 is 27.7 Å². The first kappa shape index (κ1) is 20.1. The monoisotopic (exact) mass is 400 g/mol. The Hall–Kier alpha value is -2.64. The van der Waals surface area contributed by atoms with Crippen LogP contribution < -0.4 is 14.4 Å². The molecule has 0 aliphatic carbocycles. The van der Waals surface area contributed by atoms with E-state index in [0.717, 1.165) is 17.7 Å². The van der Waals surface area contributed by atoms with Crippen molar-refractivity contribution in [1.82, 2.24) is 4.72 Å². The number of anilines is 1. The number of amides is 1. The van der Waals surface area contributed by atoms with Crippen LogP contribution in [0.5, 0.6) is 5.75 Å². The quantitative estimate of drug-likeness (QED) is 0.757. The Morgan fingerprint density at radius 3 is 2.75 bits per heavy atom. The molecule has 1 unspecified atom stereocenters. The molecule has 0 saturated heterocycles. The van der Waals surface area contributed by atoms with Gasteiger partial charge in [0.1, 0.15) is 10.6 Å². The van der Waals surface area contributed by atoms with Crippen LogP contribution in [0.15, 0.2) is 53.4 Å². The van der Waals surface area contributed by atoms with Crippen LogP contribution >= 0.6 is 0 Å². The zero-order chi connectivity index (χ0) is 20.3. The molecule has 3 rings (SSSR count). The summed E-state index contributed by atoms with van der Waals surface area (Å²) < 4.78 is 32.4. The van der Waals surface area contributed by atoms with Crippen molar-refractivity contribution in [2.75, 3.05) is 18.6 Å². The first-order chi connectivity index (χ1) is 13.4. The van der Waals surface area contributed by atoms with Crippen LogP contribution in [0.1, 0.15) is 25.0 Å². The van der Waals surface area contributed by atoms with Crippen molar-refractivity contribution < 1.29 is 17.9 Å².